The third kappa shape index (κ3) is 2.59. The van der Waals surface area contributed by atoms with Crippen molar-refractivity contribution in [2.45, 2.75) is 30.8 Å². The fourth-order valence-corrected chi connectivity index (χ4v) is 6.56. The van der Waals surface area contributed by atoms with E-state index in [0.717, 1.165) is 6.08 Å². The van der Waals surface area contributed by atoms with Crippen LogP contribution in [0.5, 0.6) is 0 Å². The molecule has 0 saturated carbocycles. The number of alkyl halides is 2. The average Bonchev–Trinajstić information content (AvgIpc) is 2.73. The van der Waals surface area contributed by atoms with Crippen LogP contribution in [0.1, 0.15) is 0 Å². The van der Waals surface area contributed by atoms with Crippen LogP contribution in [-0.2, 0) is 4.74 Å². The summed E-state index contributed by atoms with van der Waals surface area (Å²) in [6.45, 7) is -0.139. The number of hydrogen-bond acceptors (Lipinski definition) is 3. The van der Waals surface area contributed by atoms with Crippen molar-refractivity contribution in [1.82, 2.24) is 4.90 Å². The second-order valence-corrected chi connectivity index (χ2v) is 21.2. The van der Waals surface area contributed by atoms with E-state index in [2.05, 4.69) is 0 Å². The fourth-order valence-electron chi connectivity index (χ4n) is 2.30. The van der Waals surface area contributed by atoms with Crippen molar-refractivity contribution in [3.8, 4) is 0 Å². The molecule has 7 heteroatoms. The summed E-state index contributed by atoms with van der Waals surface area (Å²) in [4.78, 5) is 18.3. The van der Waals surface area contributed by atoms with Gasteiger partial charge in [-0.1, -0.05) is 0 Å². The number of ether oxygens (including phenoxy) is 1. The maximum atomic E-state index is 14.8. The fraction of sp³-hybridized carbons (Fsp3) is 0.615. The van der Waals surface area contributed by atoms with E-state index in [4.69, 9.17) is 9.84 Å². The van der Waals surface area contributed by atoms with Gasteiger partial charge < -0.3 is 0 Å². The zero-order chi connectivity index (χ0) is 15.1. The monoisotopic (exact) mass is 395 g/mol. The minimum atomic E-state index is -3.17. The number of halogens is 2. The Labute approximate surface area is 121 Å². The molecule has 4 nitrogen and oxygen atoms in total. The average molecular weight is 394 g/mol. The van der Waals surface area contributed by atoms with Crippen LogP contribution in [0.4, 0.5) is 13.6 Å². The zero-order valence-corrected chi connectivity index (χ0v) is 14.6. The first kappa shape index (κ1) is 15.8. The molecule has 0 aromatic carbocycles. The molecule has 3 atom stereocenters. The van der Waals surface area contributed by atoms with Crippen molar-refractivity contribution in [3.05, 3.63) is 23.9 Å². The number of aliphatic hydroxyl groups is 1. The molecule has 2 rings (SSSR count). The molecule has 20 heavy (non-hydrogen) atoms. The molecule has 2 aliphatic rings. The second-order valence-electron chi connectivity index (χ2n) is 6.14. The molecule has 1 heterocycles. The molecule has 0 radical (unpaired) electrons. The molecule has 1 aliphatic carbocycles. The maximum absolute atomic E-state index is 14.8. The third-order valence-corrected chi connectivity index (χ3v) is 11.6. The predicted octanol–water partition coefficient (Wildman–Crippen LogP) is 2.18. The minimum absolute atomic E-state index is 0.149. The van der Waals surface area contributed by atoms with Crippen molar-refractivity contribution in [1.29, 1.82) is 0 Å². The van der Waals surface area contributed by atoms with Crippen LogP contribution in [0.2, 0.25) is 14.8 Å². The van der Waals surface area contributed by atoms with Crippen LogP contribution in [0, 0.1) is 0 Å². The SMILES string of the molecule is [CH3][Sn]([CH3])([CH3])[C]1(F)C=CC(N2C[C@H](CO)OC2=O)=CC1F. The van der Waals surface area contributed by atoms with Crippen molar-refractivity contribution in [3.63, 3.8) is 0 Å². The van der Waals surface area contributed by atoms with Gasteiger partial charge in [-0.25, -0.2) is 0 Å². The van der Waals surface area contributed by atoms with Crippen LogP contribution in [0.15, 0.2) is 23.9 Å². The van der Waals surface area contributed by atoms with Crippen molar-refractivity contribution < 1.29 is 23.4 Å². The number of hydrogen-bond donors (Lipinski definition) is 1. The predicted molar refractivity (Wildman–Crippen MR) is 73.4 cm³/mol. The Morgan fingerprint density at radius 3 is 2.65 bits per heavy atom. The summed E-state index contributed by atoms with van der Waals surface area (Å²) < 4.78 is 32.0. The van der Waals surface area contributed by atoms with Crippen LogP contribution < -0.4 is 0 Å². The quantitative estimate of drug-likeness (QED) is 0.747. The molecule has 1 amide bonds. The van der Waals surface area contributed by atoms with Crippen LogP contribution in [0.25, 0.3) is 0 Å². The van der Waals surface area contributed by atoms with Gasteiger partial charge in [0.05, 0.1) is 0 Å². The molecule has 1 fully saturated rings. The van der Waals surface area contributed by atoms with Gasteiger partial charge in [-0.3, -0.25) is 0 Å². The van der Waals surface area contributed by atoms with Crippen molar-refractivity contribution >= 4 is 24.5 Å². The zero-order valence-electron chi connectivity index (χ0n) is 11.8. The van der Waals surface area contributed by atoms with E-state index in [9.17, 15) is 13.6 Å². The normalized spacial score (nSPS) is 34.2. The first-order chi connectivity index (χ1) is 9.19. The van der Waals surface area contributed by atoms with Crippen LogP contribution in [0.3, 0.4) is 0 Å². The molecule has 0 bridgehead atoms. The van der Waals surface area contributed by atoms with Crippen molar-refractivity contribution in [2.75, 3.05) is 13.2 Å². The number of rotatable bonds is 3. The topological polar surface area (TPSA) is 49.8 Å². The molecule has 1 saturated heterocycles. The summed E-state index contributed by atoms with van der Waals surface area (Å²) in [5.74, 6) is 0. The number of carbonyl (C=O) groups excluding carboxylic acids is 1. The van der Waals surface area contributed by atoms with Gasteiger partial charge in [0.2, 0.25) is 0 Å². The Bertz CT molecular complexity index is 475. The van der Waals surface area contributed by atoms with E-state index in [1.165, 1.54) is 17.1 Å². The van der Waals surface area contributed by atoms with Gasteiger partial charge in [-0.2, -0.15) is 0 Å². The summed E-state index contributed by atoms with van der Waals surface area (Å²) in [5.41, 5.74) is 0.294. The van der Waals surface area contributed by atoms with E-state index in [0.29, 0.717) is 5.70 Å². The van der Waals surface area contributed by atoms with Crippen molar-refractivity contribution in [2.24, 2.45) is 0 Å². The first-order valence-corrected chi connectivity index (χ1v) is 16.5. The number of carbonyl (C=O) groups is 1. The van der Waals surface area contributed by atoms with E-state index in [1.54, 1.807) is 0 Å². The first-order valence-electron chi connectivity index (χ1n) is 6.52. The van der Waals surface area contributed by atoms with E-state index in [-0.39, 0.29) is 13.2 Å². The van der Waals surface area contributed by atoms with E-state index in [1.807, 2.05) is 14.8 Å². The Hall–Kier alpha value is -0.631. The van der Waals surface area contributed by atoms with E-state index < -0.39 is 40.4 Å². The molecular formula is C13H19F2NO3Sn. The Balaban J connectivity index is 2.21. The Morgan fingerprint density at radius 1 is 1.55 bits per heavy atom. The molecule has 0 aromatic rings. The number of amides is 1. The number of nitrogens with zero attached hydrogens (tertiary/aromatic N) is 1. The summed E-state index contributed by atoms with van der Waals surface area (Å²) in [5, 5.41) is 8.97. The standard InChI is InChI=1S/C10H10F2NO3.3CH3.Sn/c11-8-2-1-6(3-9(8)12)13-4-7(5-14)16-10(13)15;;;;/h1-3,7,9,14H,4-5H2;3*1H3;/t7-,9?;;;;/m1..../s1. The van der Waals surface area contributed by atoms with Gasteiger partial charge in [-0.05, 0) is 0 Å². The van der Waals surface area contributed by atoms with Gasteiger partial charge in [0.1, 0.15) is 0 Å². The van der Waals surface area contributed by atoms with Gasteiger partial charge in [0, 0.05) is 0 Å². The van der Waals surface area contributed by atoms with Gasteiger partial charge >= 0.3 is 121 Å². The molecule has 112 valence electrons. The van der Waals surface area contributed by atoms with Crippen LogP contribution in [-0.4, -0.2) is 63.6 Å². The molecular weight excluding hydrogens is 375 g/mol. The summed E-state index contributed by atoms with van der Waals surface area (Å²) in [7, 11) is 0. The molecule has 0 aromatic heterocycles. The van der Waals surface area contributed by atoms with Crippen LogP contribution >= 0.6 is 0 Å². The molecule has 2 unspecified atom stereocenters. The summed E-state index contributed by atoms with van der Waals surface area (Å²) in [6.07, 6.45) is 0.830. The van der Waals surface area contributed by atoms with Gasteiger partial charge in [-0.15, -0.1) is 0 Å². The Morgan fingerprint density at radius 2 is 2.20 bits per heavy atom. The second kappa shape index (κ2) is 5.29. The number of aliphatic hydroxyl groups excluding tert-OH is 1. The summed E-state index contributed by atoms with van der Waals surface area (Å²) in [6, 6.07) is 0. The number of allylic oxidation sites excluding steroid dienone is 3. The molecule has 1 N–H and O–H groups in total. The summed E-state index contributed by atoms with van der Waals surface area (Å²) >= 11 is -3.17. The molecule has 1 aliphatic heterocycles. The van der Waals surface area contributed by atoms with E-state index >= 15 is 0 Å². The Kier molecular flexibility index (Phi) is 4.17. The molecule has 0 spiro atoms. The number of cyclic esters (lactones) is 1. The van der Waals surface area contributed by atoms with Gasteiger partial charge in [0.15, 0.2) is 0 Å². The van der Waals surface area contributed by atoms with Gasteiger partial charge in [0.25, 0.3) is 0 Å². The third-order valence-electron chi connectivity index (χ3n) is 3.75.